The number of hydrogen-bond acceptors (Lipinski definition) is 2. The van der Waals surface area contributed by atoms with Crippen molar-refractivity contribution in [3.8, 4) is 0 Å². The van der Waals surface area contributed by atoms with Gasteiger partial charge in [0.25, 0.3) is 0 Å². The Balaban J connectivity index is 2.20. The molecule has 21 heavy (non-hydrogen) atoms. The number of hydrogen-bond donors (Lipinski definition) is 1. The van der Waals surface area contributed by atoms with Crippen LogP contribution in [0.4, 0.5) is 0 Å². The number of benzene rings is 2. The first-order valence-electron chi connectivity index (χ1n) is 6.61. The maximum absolute atomic E-state index is 6.36. The third kappa shape index (κ3) is 4.54. The van der Waals surface area contributed by atoms with Crippen molar-refractivity contribution in [1.29, 1.82) is 0 Å². The van der Waals surface area contributed by atoms with Crippen LogP contribution in [0.5, 0.6) is 0 Å². The Bertz CT molecular complexity index is 619. The van der Waals surface area contributed by atoms with Crippen LogP contribution in [0.15, 0.2) is 51.4 Å². The van der Waals surface area contributed by atoms with Gasteiger partial charge in [-0.25, -0.2) is 0 Å². The molecule has 0 aliphatic rings. The van der Waals surface area contributed by atoms with Gasteiger partial charge in [0.2, 0.25) is 0 Å². The second kappa shape index (κ2) is 7.75. The van der Waals surface area contributed by atoms with Crippen LogP contribution in [-0.4, -0.2) is 18.5 Å². The molecule has 0 heterocycles. The molecule has 2 rings (SSSR count). The lowest BCUT2D eigenvalue weighted by atomic mass is 10.0. The number of likely N-dealkylation sites (N-methyl/N-ethyl adjacent to an activating group) is 1. The van der Waals surface area contributed by atoms with Gasteiger partial charge in [-0.2, -0.15) is 0 Å². The summed E-state index contributed by atoms with van der Waals surface area (Å²) in [5.41, 5.74) is 8.27. The van der Waals surface area contributed by atoms with E-state index in [1.807, 2.05) is 30.3 Å². The lowest BCUT2D eigenvalue weighted by Crippen LogP contribution is -2.30. The van der Waals surface area contributed by atoms with Gasteiger partial charge >= 0.3 is 0 Å². The largest absolute Gasteiger partial charge is 0.329 e. The van der Waals surface area contributed by atoms with Crippen LogP contribution in [-0.2, 0) is 6.54 Å². The van der Waals surface area contributed by atoms with E-state index in [2.05, 4.69) is 55.9 Å². The summed E-state index contributed by atoms with van der Waals surface area (Å²) in [5.74, 6) is 0. The second-order valence-corrected chi connectivity index (χ2v) is 7.20. The van der Waals surface area contributed by atoms with Gasteiger partial charge in [0.15, 0.2) is 0 Å². The molecule has 0 aromatic heterocycles. The minimum absolute atomic E-state index is 0.0876. The lowest BCUT2D eigenvalue weighted by Gasteiger charge is -2.28. The zero-order valence-corrected chi connectivity index (χ0v) is 15.6. The fraction of sp³-hybridized carbons (Fsp3) is 0.250. The molecule has 2 nitrogen and oxygen atoms in total. The van der Waals surface area contributed by atoms with Gasteiger partial charge in [-0.15, -0.1) is 0 Å². The van der Waals surface area contributed by atoms with E-state index < -0.39 is 0 Å². The Morgan fingerprint density at radius 2 is 1.86 bits per heavy atom. The van der Waals surface area contributed by atoms with Gasteiger partial charge in [-0.3, -0.25) is 4.90 Å². The number of rotatable bonds is 5. The molecule has 2 N–H and O–H groups in total. The van der Waals surface area contributed by atoms with Gasteiger partial charge < -0.3 is 5.73 Å². The van der Waals surface area contributed by atoms with Gasteiger partial charge in [0.1, 0.15) is 0 Å². The molecular weight excluding hydrogens is 415 g/mol. The first-order valence-corrected chi connectivity index (χ1v) is 8.57. The first kappa shape index (κ1) is 17.0. The molecule has 1 atom stereocenters. The molecule has 0 aliphatic heterocycles. The van der Waals surface area contributed by atoms with Crippen molar-refractivity contribution in [3.05, 3.63) is 67.6 Å². The molecule has 5 heteroatoms. The van der Waals surface area contributed by atoms with Crippen molar-refractivity contribution in [2.45, 2.75) is 12.6 Å². The van der Waals surface area contributed by atoms with Crippen LogP contribution in [0.1, 0.15) is 17.2 Å². The van der Waals surface area contributed by atoms with Crippen LogP contribution in [0.2, 0.25) is 5.02 Å². The van der Waals surface area contributed by atoms with Crippen molar-refractivity contribution < 1.29 is 0 Å². The number of nitrogens with two attached hydrogens (primary N) is 1. The Morgan fingerprint density at radius 3 is 2.48 bits per heavy atom. The third-order valence-electron chi connectivity index (χ3n) is 3.40. The zero-order valence-electron chi connectivity index (χ0n) is 11.7. The fourth-order valence-electron chi connectivity index (χ4n) is 2.35. The summed E-state index contributed by atoms with van der Waals surface area (Å²) in [5, 5.41) is 0.737. The summed E-state index contributed by atoms with van der Waals surface area (Å²) in [4.78, 5) is 2.22. The molecule has 0 saturated carbocycles. The highest BCUT2D eigenvalue weighted by Crippen LogP contribution is 2.29. The van der Waals surface area contributed by atoms with E-state index in [1.54, 1.807) is 0 Å². The summed E-state index contributed by atoms with van der Waals surface area (Å²) in [6.45, 7) is 1.33. The Morgan fingerprint density at radius 1 is 1.14 bits per heavy atom. The van der Waals surface area contributed by atoms with E-state index in [9.17, 15) is 0 Å². The van der Waals surface area contributed by atoms with Crippen molar-refractivity contribution in [3.63, 3.8) is 0 Å². The normalized spacial score (nSPS) is 12.7. The summed E-state index contributed by atoms with van der Waals surface area (Å²) >= 11 is 13.3. The Hall–Kier alpha value is -0.390. The summed E-state index contributed by atoms with van der Waals surface area (Å²) in [6, 6.07) is 14.3. The third-order valence-corrected chi connectivity index (χ3v) is 4.71. The van der Waals surface area contributed by atoms with Gasteiger partial charge in [0.05, 0.1) is 0 Å². The summed E-state index contributed by atoms with van der Waals surface area (Å²) in [7, 11) is 2.07. The van der Waals surface area contributed by atoms with Gasteiger partial charge in [-0.05, 0) is 42.4 Å². The fourth-order valence-corrected chi connectivity index (χ4v) is 3.60. The molecule has 0 bridgehead atoms. The standard InChI is InChI=1S/C16H17Br2ClN2/c1-21(10-11-3-2-4-12(17)7-11)16(9-20)14-6-5-13(18)8-15(14)19/h2-8,16H,9-10,20H2,1H3. The van der Waals surface area contributed by atoms with E-state index in [-0.39, 0.29) is 6.04 Å². The monoisotopic (exact) mass is 430 g/mol. The Kier molecular flexibility index (Phi) is 6.26. The zero-order chi connectivity index (χ0) is 15.4. The minimum atomic E-state index is 0.0876. The average Bonchev–Trinajstić information content (AvgIpc) is 2.42. The second-order valence-electron chi connectivity index (χ2n) is 4.96. The van der Waals surface area contributed by atoms with E-state index in [1.165, 1.54) is 5.56 Å². The van der Waals surface area contributed by atoms with E-state index in [0.29, 0.717) is 6.54 Å². The molecule has 0 saturated heterocycles. The summed E-state index contributed by atoms with van der Waals surface area (Å²) in [6.07, 6.45) is 0. The van der Waals surface area contributed by atoms with Crippen LogP contribution in [0.3, 0.4) is 0 Å². The number of halogens is 3. The predicted octanol–water partition coefficient (Wildman–Crippen LogP) is 5.00. The van der Waals surface area contributed by atoms with Crippen LogP contribution in [0.25, 0.3) is 0 Å². The highest BCUT2D eigenvalue weighted by molar-refractivity contribution is 9.10. The van der Waals surface area contributed by atoms with E-state index >= 15 is 0 Å². The van der Waals surface area contributed by atoms with Gasteiger partial charge in [0, 0.05) is 33.1 Å². The topological polar surface area (TPSA) is 29.3 Å². The van der Waals surface area contributed by atoms with E-state index in [4.69, 9.17) is 17.3 Å². The quantitative estimate of drug-likeness (QED) is 0.721. The average molecular weight is 433 g/mol. The molecule has 1 unspecified atom stereocenters. The molecular formula is C16H17Br2ClN2. The van der Waals surface area contributed by atoms with Crippen LogP contribution in [0, 0.1) is 0 Å². The van der Waals surface area contributed by atoms with Crippen molar-refractivity contribution in [2.24, 2.45) is 5.73 Å². The number of nitrogens with zero attached hydrogens (tertiary/aromatic N) is 1. The molecule has 2 aromatic carbocycles. The lowest BCUT2D eigenvalue weighted by molar-refractivity contribution is 0.242. The van der Waals surface area contributed by atoms with Gasteiger partial charge in [-0.1, -0.05) is 61.7 Å². The molecule has 0 spiro atoms. The smallest absolute Gasteiger partial charge is 0.0485 e. The maximum Gasteiger partial charge on any atom is 0.0485 e. The van der Waals surface area contributed by atoms with E-state index in [0.717, 1.165) is 26.1 Å². The minimum Gasteiger partial charge on any atom is -0.329 e. The molecule has 0 fully saturated rings. The molecule has 112 valence electrons. The van der Waals surface area contributed by atoms with Crippen LogP contribution >= 0.6 is 43.5 Å². The maximum atomic E-state index is 6.36. The summed E-state index contributed by atoms with van der Waals surface area (Å²) < 4.78 is 2.06. The highest BCUT2D eigenvalue weighted by atomic mass is 79.9. The SMILES string of the molecule is CN(Cc1cccc(Br)c1)C(CN)c1ccc(Br)cc1Cl. The molecule has 2 aromatic rings. The predicted molar refractivity (Wildman–Crippen MR) is 96.6 cm³/mol. The van der Waals surface area contributed by atoms with Crippen LogP contribution < -0.4 is 5.73 Å². The highest BCUT2D eigenvalue weighted by Gasteiger charge is 2.18. The first-order chi connectivity index (χ1) is 10.0. The molecule has 0 amide bonds. The molecule has 0 radical (unpaired) electrons. The van der Waals surface area contributed by atoms with Crippen molar-refractivity contribution in [2.75, 3.05) is 13.6 Å². The Labute approximate surface area is 147 Å². The molecule has 0 aliphatic carbocycles. The van der Waals surface area contributed by atoms with Crippen molar-refractivity contribution in [1.82, 2.24) is 4.90 Å². The van der Waals surface area contributed by atoms with Crippen molar-refractivity contribution >= 4 is 43.5 Å².